The molecule has 2 rings (SSSR count). The summed E-state index contributed by atoms with van der Waals surface area (Å²) >= 11 is 0. The van der Waals surface area contributed by atoms with E-state index in [0.717, 1.165) is 35.3 Å². The van der Waals surface area contributed by atoms with Crippen LogP contribution in [0.1, 0.15) is 32.1 Å². The number of rotatable bonds is 6. The second-order valence-electron chi connectivity index (χ2n) is 5.31. The number of benzene rings is 1. The summed E-state index contributed by atoms with van der Waals surface area (Å²) in [5, 5.41) is 4.45. The van der Waals surface area contributed by atoms with Crippen molar-refractivity contribution >= 4 is 16.9 Å². The molecule has 1 unspecified atom stereocenters. The fourth-order valence-electron chi connectivity index (χ4n) is 2.46. The number of para-hydroxylation sites is 1. The first-order valence-corrected chi connectivity index (χ1v) is 7.56. The molecule has 0 radical (unpaired) electrons. The van der Waals surface area contributed by atoms with Crippen LogP contribution in [0, 0.1) is 0 Å². The van der Waals surface area contributed by atoms with Crippen molar-refractivity contribution in [1.82, 2.24) is 10.2 Å². The van der Waals surface area contributed by atoms with Gasteiger partial charge in [-0.1, -0.05) is 25.1 Å². The summed E-state index contributed by atoms with van der Waals surface area (Å²) in [6, 6.07) is 7.84. The van der Waals surface area contributed by atoms with Crippen molar-refractivity contribution in [2.75, 3.05) is 13.6 Å². The fourth-order valence-corrected chi connectivity index (χ4v) is 2.46. The Labute approximate surface area is 126 Å². The van der Waals surface area contributed by atoms with Gasteiger partial charge in [0.25, 0.3) is 0 Å². The molecule has 4 nitrogen and oxygen atoms in total. The van der Waals surface area contributed by atoms with E-state index >= 15 is 0 Å². The van der Waals surface area contributed by atoms with Crippen molar-refractivity contribution in [2.45, 2.75) is 39.8 Å². The number of fused-ring (bicyclic) bond motifs is 1. The summed E-state index contributed by atoms with van der Waals surface area (Å²) in [7, 11) is 1.82. The lowest BCUT2D eigenvalue weighted by Crippen LogP contribution is -2.42. The van der Waals surface area contributed by atoms with Gasteiger partial charge in [-0.15, -0.1) is 0 Å². The van der Waals surface area contributed by atoms with Crippen LogP contribution in [0.4, 0.5) is 0 Å². The Kier molecular flexibility index (Phi) is 5.02. The summed E-state index contributed by atoms with van der Waals surface area (Å²) in [5.74, 6) is 1.11. The predicted molar refractivity (Wildman–Crippen MR) is 85.2 cm³/mol. The lowest BCUT2D eigenvalue weighted by molar-refractivity contribution is -0.131. The fraction of sp³-hybridized carbons (Fsp3) is 0.471. The van der Waals surface area contributed by atoms with Crippen LogP contribution in [0.5, 0.6) is 0 Å². The van der Waals surface area contributed by atoms with Gasteiger partial charge in [-0.3, -0.25) is 4.79 Å². The van der Waals surface area contributed by atoms with E-state index in [4.69, 9.17) is 4.42 Å². The van der Waals surface area contributed by atoms with Crippen molar-refractivity contribution in [3.63, 3.8) is 0 Å². The maximum absolute atomic E-state index is 12.1. The van der Waals surface area contributed by atoms with Gasteiger partial charge in [0.1, 0.15) is 11.3 Å². The van der Waals surface area contributed by atoms with Crippen LogP contribution >= 0.6 is 0 Å². The minimum Gasteiger partial charge on any atom is -0.461 e. The van der Waals surface area contributed by atoms with Gasteiger partial charge >= 0.3 is 0 Å². The zero-order valence-corrected chi connectivity index (χ0v) is 13.3. The molecule has 1 aromatic carbocycles. The van der Waals surface area contributed by atoms with Crippen molar-refractivity contribution in [3.8, 4) is 0 Å². The van der Waals surface area contributed by atoms with Gasteiger partial charge in [-0.05, 0) is 19.9 Å². The highest BCUT2D eigenvalue weighted by Crippen LogP contribution is 2.26. The predicted octanol–water partition coefficient (Wildman–Crippen LogP) is 2.95. The van der Waals surface area contributed by atoms with Gasteiger partial charge in [0, 0.05) is 37.5 Å². The van der Waals surface area contributed by atoms with E-state index in [-0.39, 0.29) is 11.9 Å². The van der Waals surface area contributed by atoms with E-state index < -0.39 is 0 Å². The molecule has 0 aliphatic heterocycles. The molecule has 0 bridgehead atoms. The molecule has 114 valence electrons. The van der Waals surface area contributed by atoms with E-state index in [1.54, 1.807) is 4.90 Å². The number of nitrogens with one attached hydrogen (secondary N) is 1. The normalized spacial score (nSPS) is 12.6. The SMILES string of the molecule is CCc1oc2ccccc2c1CNC(C)C(=O)N(C)CC. The first-order chi connectivity index (χ1) is 10.1. The summed E-state index contributed by atoms with van der Waals surface area (Å²) < 4.78 is 5.87. The first-order valence-electron chi connectivity index (χ1n) is 7.56. The Balaban J connectivity index is 2.14. The molecular weight excluding hydrogens is 264 g/mol. The molecule has 0 aliphatic rings. The molecule has 21 heavy (non-hydrogen) atoms. The van der Waals surface area contributed by atoms with Gasteiger partial charge in [-0.2, -0.15) is 0 Å². The first kappa shape index (κ1) is 15.6. The highest BCUT2D eigenvalue weighted by Gasteiger charge is 2.18. The molecule has 1 atom stereocenters. The average Bonchev–Trinajstić information content (AvgIpc) is 2.88. The molecule has 0 fully saturated rings. The Morgan fingerprint density at radius 1 is 1.33 bits per heavy atom. The number of carbonyl (C=O) groups is 1. The molecule has 4 heteroatoms. The topological polar surface area (TPSA) is 45.5 Å². The van der Waals surface area contributed by atoms with Crippen LogP contribution in [-0.2, 0) is 17.8 Å². The number of hydrogen-bond acceptors (Lipinski definition) is 3. The number of carbonyl (C=O) groups excluding carboxylic acids is 1. The van der Waals surface area contributed by atoms with E-state index in [9.17, 15) is 4.79 Å². The Morgan fingerprint density at radius 2 is 2.05 bits per heavy atom. The van der Waals surface area contributed by atoms with E-state index in [2.05, 4.69) is 18.3 Å². The van der Waals surface area contributed by atoms with Gasteiger partial charge in [-0.25, -0.2) is 0 Å². The Bertz CT molecular complexity index is 618. The highest BCUT2D eigenvalue weighted by molar-refractivity contribution is 5.83. The number of amides is 1. The molecule has 1 N–H and O–H groups in total. The van der Waals surface area contributed by atoms with Crippen molar-refractivity contribution in [3.05, 3.63) is 35.6 Å². The van der Waals surface area contributed by atoms with Crippen molar-refractivity contribution in [2.24, 2.45) is 0 Å². The minimum absolute atomic E-state index is 0.114. The molecule has 1 aromatic heterocycles. The lowest BCUT2D eigenvalue weighted by Gasteiger charge is -2.20. The van der Waals surface area contributed by atoms with Crippen LogP contribution in [-0.4, -0.2) is 30.4 Å². The van der Waals surface area contributed by atoms with Gasteiger partial charge in [0.15, 0.2) is 0 Å². The number of likely N-dealkylation sites (N-methyl/N-ethyl adjacent to an activating group) is 1. The van der Waals surface area contributed by atoms with Gasteiger partial charge < -0.3 is 14.6 Å². The third kappa shape index (κ3) is 3.27. The maximum Gasteiger partial charge on any atom is 0.239 e. The van der Waals surface area contributed by atoms with Crippen LogP contribution < -0.4 is 5.32 Å². The summed E-state index contributed by atoms with van der Waals surface area (Å²) in [4.78, 5) is 13.8. The summed E-state index contributed by atoms with van der Waals surface area (Å²) in [6.07, 6.45) is 0.850. The smallest absolute Gasteiger partial charge is 0.239 e. The zero-order valence-electron chi connectivity index (χ0n) is 13.3. The third-order valence-corrected chi connectivity index (χ3v) is 3.91. The van der Waals surface area contributed by atoms with Crippen molar-refractivity contribution < 1.29 is 9.21 Å². The van der Waals surface area contributed by atoms with Crippen LogP contribution in [0.15, 0.2) is 28.7 Å². The maximum atomic E-state index is 12.1. The molecule has 0 spiro atoms. The highest BCUT2D eigenvalue weighted by atomic mass is 16.3. The molecular formula is C17H24N2O2. The molecule has 0 saturated heterocycles. The zero-order chi connectivity index (χ0) is 15.4. The van der Waals surface area contributed by atoms with Crippen LogP contribution in [0.25, 0.3) is 11.0 Å². The number of nitrogens with zero attached hydrogens (tertiary/aromatic N) is 1. The summed E-state index contributed by atoms with van der Waals surface area (Å²) in [6.45, 7) is 7.33. The average molecular weight is 288 g/mol. The van der Waals surface area contributed by atoms with E-state index in [1.165, 1.54) is 0 Å². The molecule has 1 heterocycles. The van der Waals surface area contributed by atoms with Crippen LogP contribution in [0.3, 0.4) is 0 Å². The monoisotopic (exact) mass is 288 g/mol. The van der Waals surface area contributed by atoms with E-state index in [0.29, 0.717) is 6.54 Å². The van der Waals surface area contributed by atoms with Crippen molar-refractivity contribution in [1.29, 1.82) is 0 Å². The Morgan fingerprint density at radius 3 is 2.71 bits per heavy atom. The third-order valence-electron chi connectivity index (χ3n) is 3.91. The Hall–Kier alpha value is -1.81. The molecule has 0 saturated carbocycles. The summed E-state index contributed by atoms with van der Waals surface area (Å²) in [5.41, 5.74) is 2.07. The number of aryl methyl sites for hydroxylation is 1. The molecule has 2 aromatic rings. The van der Waals surface area contributed by atoms with Gasteiger partial charge in [0.2, 0.25) is 5.91 Å². The molecule has 1 amide bonds. The van der Waals surface area contributed by atoms with Gasteiger partial charge in [0.05, 0.1) is 6.04 Å². The van der Waals surface area contributed by atoms with E-state index in [1.807, 2.05) is 39.1 Å². The largest absolute Gasteiger partial charge is 0.461 e. The minimum atomic E-state index is -0.201. The van der Waals surface area contributed by atoms with Crippen LogP contribution in [0.2, 0.25) is 0 Å². The number of hydrogen-bond donors (Lipinski definition) is 1. The molecule has 0 aliphatic carbocycles. The lowest BCUT2D eigenvalue weighted by atomic mass is 10.1. The second kappa shape index (κ2) is 6.76. The second-order valence-corrected chi connectivity index (χ2v) is 5.31. The number of furan rings is 1. The quantitative estimate of drug-likeness (QED) is 0.889. The standard InChI is InChI=1S/C17H24N2O2/c1-5-15-14(13-9-7-8-10-16(13)21-15)11-18-12(3)17(20)19(4)6-2/h7-10,12,18H,5-6,11H2,1-4H3.